The van der Waals surface area contributed by atoms with Crippen LogP contribution in [0.3, 0.4) is 0 Å². The van der Waals surface area contributed by atoms with Crippen molar-refractivity contribution in [2.45, 2.75) is 64.2 Å². The zero-order valence-corrected chi connectivity index (χ0v) is 17.8. The van der Waals surface area contributed by atoms with E-state index in [1.165, 1.54) is 0 Å². The predicted molar refractivity (Wildman–Crippen MR) is 108 cm³/mol. The van der Waals surface area contributed by atoms with Crippen molar-refractivity contribution in [3.8, 4) is 5.75 Å². The standard InChI is InChI=1S/C21H27ClO3S/c1-13(2)16-11-17(14(3)4)21(18(12-16)15(5)6)26(23,24)25-20-10-8-7-9-19(20)22/h7-15H,1-6H3. The van der Waals surface area contributed by atoms with Crippen LogP contribution < -0.4 is 4.18 Å². The molecule has 0 aliphatic rings. The minimum absolute atomic E-state index is 0.0471. The molecule has 0 atom stereocenters. The first kappa shape index (κ1) is 20.8. The van der Waals surface area contributed by atoms with Gasteiger partial charge in [-0.3, -0.25) is 0 Å². The molecule has 0 unspecified atom stereocenters. The summed E-state index contributed by atoms with van der Waals surface area (Å²) in [5.41, 5.74) is 2.70. The molecule has 142 valence electrons. The highest BCUT2D eigenvalue weighted by Gasteiger charge is 2.29. The van der Waals surface area contributed by atoms with Gasteiger partial charge in [0.2, 0.25) is 0 Å². The van der Waals surface area contributed by atoms with Crippen LogP contribution in [0.2, 0.25) is 5.02 Å². The van der Waals surface area contributed by atoms with Gasteiger partial charge in [-0.2, -0.15) is 8.42 Å². The van der Waals surface area contributed by atoms with Gasteiger partial charge in [-0.25, -0.2) is 0 Å². The van der Waals surface area contributed by atoms with Crippen LogP contribution in [0.4, 0.5) is 0 Å². The van der Waals surface area contributed by atoms with Gasteiger partial charge in [0.05, 0.1) is 5.02 Å². The van der Waals surface area contributed by atoms with E-state index in [-0.39, 0.29) is 27.5 Å². The molecule has 0 radical (unpaired) electrons. The molecule has 0 N–H and O–H groups in total. The molecule has 0 saturated carbocycles. The Morgan fingerprint density at radius 1 is 0.846 bits per heavy atom. The van der Waals surface area contributed by atoms with Crippen LogP contribution in [0, 0.1) is 0 Å². The highest BCUT2D eigenvalue weighted by molar-refractivity contribution is 7.87. The normalized spacial score (nSPS) is 12.2. The van der Waals surface area contributed by atoms with E-state index in [9.17, 15) is 8.42 Å². The summed E-state index contributed by atoms with van der Waals surface area (Å²) in [5.74, 6) is 0.550. The zero-order chi connectivity index (χ0) is 19.6. The monoisotopic (exact) mass is 394 g/mol. The summed E-state index contributed by atoms with van der Waals surface area (Å²) in [7, 11) is -4.01. The molecular formula is C21H27ClO3S. The number of para-hydroxylation sites is 1. The highest BCUT2D eigenvalue weighted by Crippen LogP contribution is 2.37. The molecule has 2 rings (SSSR count). The van der Waals surface area contributed by atoms with Crippen LogP contribution in [-0.4, -0.2) is 8.42 Å². The van der Waals surface area contributed by atoms with E-state index in [0.29, 0.717) is 5.92 Å². The van der Waals surface area contributed by atoms with E-state index in [1.54, 1.807) is 24.3 Å². The lowest BCUT2D eigenvalue weighted by molar-refractivity contribution is 0.482. The van der Waals surface area contributed by atoms with Crippen molar-refractivity contribution in [2.24, 2.45) is 0 Å². The SMILES string of the molecule is CC(C)c1cc(C(C)C)c(S(=O)(=O)Oc2ccccc2Cl)c(C(C)C)c1. The van der Waals surface area contributed by atoms with Gasteiger partial charge in [-0.1, -0.05) is 77.4 Å². The second-order valence-electron chi connectivity index (χ2n) is 7.46. The van der Waals surface area contributed by atoms with Gasteiger partial charge in [-0.05, 0) is 46.6 Å². The molecule has 3 nitrogen and oxygen atoms in total. The summed E-state index contributed by atoms with van der Waals surface area (Å²) in [6.45, 7) is 12.2. The van der Waals surface area contributed by atoms with Crippen LogP contribution in [0.25, 0.3) is 0 Å². The molecule has 0 fully saturated rings. The molecule has 0 spiro atoms. The number of halogens is 1. The van der Waals surface area contributed by atoms with Gasteiger partial charge in [-0.15, -0.1) is 0 Å². The summed E-state index contributed by atoms with van der Waals surface area (Å²) in [5, 5.41) is 0.270. The molecule has 0 saturated heterocycles. The van der Waals surface area contributed by atoms with E-state index < -0.39 is 10.1 Å². The first-order chi connectivity index (χ1) is 12.0. The Morgan fingerprint density at radius 3 is 1.77 bits per heavy atom. The van der Waals surface area contributed by atoms with Crippen LogP contribution >= 0.6 is 11.6 Å². The van der Waals surface area contributed by atoms with Crippen LogP contribution in [0.15, 0.2) is 41.3 Å². The minimum atomic E-state index is -4.01. The quantitative estimate of drug-likeness (QED) is 0.526. The van der Waals surface area contributed by atoms with Gasteiger partial charge in [0, 0.05) is 0 Å². The van der Waals surface area contributed by atoms with Crippen LogP contribution in [0.5, 0.6) is 5.75 Å². The third kappa shape index (κ3) is 4.41. The van der Waals surface area contributed by atoms with E-state index in [2.05, 4.69) is 13.8 Å². The molecule has 2 aromatic carbocycles. The second kappa shape index (κ2) is 8.01. The summed E-state index contributed by atoms with van der Waals surface area (Å²) in [6, 6.07) is 10.6. The molecule has 0 aromatic heterocycles. The molecule has 0 aliphatic heterocycles. The lowest BCUT2D eigenvalue weighted by atomic mass is 9.89. The molecule has 0 aliphatic carbocycles. The molecule has 5 heteroatoms. The van der Waals surface area contributed by atoms with E-state index in [0.717, 1.165) is 16.7 Å². The summed E-state index contributed by atoms with van der Waals surface area (Å²) in [4.78, 5) is 0.270. The lowest BCUT2D eigenvalue weighted by Gasteiger charge is -2.22. The number of hydrogen-bond acceptors (Lipinski definition) is 3. The molecular weight excluding hydrogens is 368 g/mol. The van der Waals surface area contributed by atoms with Gasteiger partial charge in [0.25, 0.3) is 0 Å². The number of rotatable bonds is 6. The average Bonchev–Trinajstić information content (AvgIpc) is 2.55. The zero-order valence-electron chi connectivity index (χ0n) is 16.2. The maximum Gasteiger partial charge on any atom is 0.339 e. The Balaban J connectivity index is 2.71. The third-order valence-electron chi connectivity index (χ3n) is 4.37. The van der Waals surface area contributed by atoms with Crippen LogP contribution in [0.1, 0.15) is 76.0 Å². The maximum atomic E-state index is 13.2. The van der Waals surface area contributed by atoms with Gasteiger partial charge in [0.15, 0.2) is 5.75 Å². The summed E-state index contributed by atoms with van der Waals surface area (Å²) < 4.78 is 31.9. The highest BCUT2D eigenvalue weighted by atomic mass is 35.5. The predicted octanol–water partition coefficient (Wildman–Crippen LogP) is 6.48. The Morgan fingerprint density at radius 2 is 1.35 bits per heavy atom. The van der Waals surface area contributed by atoms with Gasteiger partial charge >= 0.3 is 10.1 Å². The fourth-order valence-electron chi connectivity index (χ4n) is 2.85. The van der Waals surface area contributed by atoms with Crippen molar-refractivity contribution >= 4 is 21.7 Å². The first-order valence-corrected chi connectivity index (χ1v) is 10.7. The van der Waals surface area contributed by atoms with Crippen molar-refractivity contribution in [2.75, 3.05) is 0 Å². The van der Waals surface area contributed by atoms with Gasteiger partial charge < -0.3 is 4.18 Å². The summed E-state index contributed by atoms with van der Waals surface area (Å²) in [6.07, 6.45) is 0. The lowest BCUT2D eigenvalue weighted by Crippen LogP contribution is -2.17. The Kier molecular flexibility index (Phi) is 6.41. The summed E-state index contributed by atoms with van der Waals surface area (Å²) >= 11 is 6.10. The largest absolute Gasteiger partial charge is 0.377 e. The number of benzene rings is 2. The van der Waals surface area contributed by atoms with Crippen molar-refractivity contribution in [1.29, 1.82) is 0 Å². The average molecular weight is 395 g/mol. The van der Waals surface area contributed by atoms with E-state index >= 15 is 0 Å². The van der Waals surface area contributed by atoms with Gasteiger partial charge in [0.1, 0.15) is 4.90 Å². The van der Waals surface area contributed by atoms with E-state index in [4.69, 9.17) is 15.8 Å². The third-order valence-corrected chi connectivity index (χ3v) is 6.05. The Hall–Kier alpha value is -1.52. The molecule has 0 bridgehead atoms. The maximum absolute atomic E-state index is 13.2. The van der Waals surface area contributed by atoms with Crippen molar-refractivity contribution in [1.82, 2.24) is 0 Å². The molecule has 0 amide bonds. The second-order valence-corrected chi connectivity index (χ2v) is 9.35. The first-order valence-electron chi connectivity index (χ1n) is 8.91. The topological polar surface area (TPSA) is 43.4 Å². The fourth-order valence-corrected chi connectivity index (χ4v) is 4.70. The molecule has 2 aromatic rings. The van der Waals surface area contributed by atoms with Crippen molar-refractivity contribution < 1.29 is 12.6 Å². The van der Waals surface area contributed by atoms with Crippen molar-refractivity contribution in [3.05, 3.63) is 58.1 Å². The smallest absolute Gasteiger partial charge is 0.339 e. The number of hydrogen-bond donors (Lipinski definition) is 0. The Bertz CT molecular complexity index is 855. The van der Waals surface area contributed by atoms with Crippen LogP contribution in [-0.2, 0) is 10.1 Å². The fraction of sp³-hybridized carbons (Fsp3) is 0.429. The Labute approximate surface area is 162 Å². The van der Waals surface area contributed by atoms with E-state index in [1.807, 2.05) is 39.8 Å². The minimum Gasteiger partial charge on any atom is -0.377 e. The molecule has 0 heterocycles. The van der Waals surface area contributed by atoms with Crippen molar-refractivity contribution in [3.63, 3.8) is 0 Å². The molecule has 26 heavy (non-hydrogen) atoms.